The van der Waals surface area contributed by atoms with E-state index in [1.165, 1.54) is 32.7 Å². The van der Waals surface area contributed by atoms with Gasteiger partial charge >= 0.3 is 12.1 Å². The first-order valence-corrected chi connectivity index (χ1v) is 18.8. The maximum Gasteiger partial charge on any atom is 0.408 e. The van der Waals surface area contributed by atoms with Crippen LogP contribution in [-0.2, 0) is 22.5 Å². The lowest BCUT2D eigenvalue weighted by atomic mass is 9.86. The molecule has 286 valence electrons. The minimum absolute atomic E-state index is 0.00625. The smallest absolute Gasteiger partial charge is 0.408 e. The Labute approximate surface area is 329 Å². The molecule has 0 spiro atoms. The standard InChI is InChI=1S/C42H41Cl2N3O8/c1-50-35-14-10-29(20-38(35)51-2)37(21-32-33(43)22-45-23-34(32)44)54-41(48)36-15-13-31(53-36)25-52-30-11-8-28(9-12-30)40(27-6-4-3-5-7-27)46-42(49)55-39-24-47-18-16-26(39)17-19-47/h3-15,20,22-23,26,37,39-40H,16-19,21,24-25H2,1-2H3,(H,46,49)/t37-,39-,40?/m0/s1. The molecule has 13 heteroatoms. The van der Waals surface area contributed by atoms with Crippen molar-refractivity contribution >= 4 is 35.3 Å². The Morgan fingerprint density at radius 1 is 0.873 bits per heavy atom. The summed E-state index contributed by atoms with van der Waals surface area (Å²) in [6.07, 6.45) is 3.91. The molecule has 2 aromatic heterocycles. The zero-order chi connectivity index (χ0) is 38.3. The summed E-state index contributed by atoms with van der Waals surface area (Å²) in [5, 5.41) is 3.78. The van der Waals surface area contributed by atoms with Crippen molar-refractivity contribution < 1.29 is 37.7 Å². The van der Waals surface area contributed by atoms with Gasteiger partial charge in [-0.05, 0) is 90.5 Å². The number of carbonyl (C=O) groups is 2. The molecule has 55 heavy (non-hydrogen) atoms. The fraction of sp³-hybridized carbons (Fsp3) is 0.310. The second kappa shape index (κ2) is 17.5. The Balaban J connectivity index is 1.00. The van der Waals surface area contributed by atoms with Crippen LogP contribution in [0.4, 0.5) is 4.79 Å². The van der Waals surface area contributed by atoms with Gasteiger partial charge in [-0.1, -0.05) is 71.7 Å². The highest BCUT2D eigenvalue weighted by molar-refractivity contribution is 6.35. The summed E-state index contributed by atoms with van der Waals surface area (Å²) in [5.41, 5.74) is 2.99. The normalized spacial score (nSPS) is 18.5. The number of esters is 1. The van der Waals surface area contributed by atoms with Crippen molar-refractivity contribution in [3.63, 3.8) is 0 Å². The molecule has 3 atom stereocenters. The van der Waals surface area contributed by atoms with Gasteiger partial charge in [0, 0.05) is 25.4 Å². The second-order valence-electron chi connectivity index (χ2n) is 13.5. The number of furan rings is 1. The molecule has 1 amide bonds. The number of ether oxygens (including phenoxy) is 5. The number of benzene rings is 3. The van der Waals surface area contributed by atoms with Gasteiger partial charge in [-0.25, -0.2) is 9.59 Å². The zero-order valence-corrected chi connectivity index (χ0v) is 31.9. The van der Waals surface area contributed by atoms with Crippen molar-refractivity contribution in [3.8, 4) is 17.2 Å². The van der Waals surface area contributed by atoms with E-state index in [0.717, 1.165) is 43.6 Å². The lowest BCUT2D eigenvalue weighted by molar-refractivity contribution is -0.0336. The number of hydrogen-bond donors (Lipinski definition) is 1. The average molecular weight is 787 g/mol. The van der Waals surface area contributed by atoms with Crippen molar-refractivity contribution in [3.05, 3.63) is 141 Å². The van der Waals surface area contributed by atoms with E-state index in [9.17, 15) is 9.59 Å². The maximum atomic E-state index is 13.5. The molecular weight excluding hydrogens is 745 g/mol. The minimum Gasteiger partial charge on any atom is -0.493 e. The molecule has 3 aliphatic rings. The van der Waals surface area contributed by atoms with Gasteiger partial charge in [-0.15, -0.1) is 0 Å². The van der Waals surface area contributed by atoms with Crippen molar-refractivity contribution in [2.75, 3.05) is 33.9 Å². The molecule has 5 aromatic rings. The van der Waals surface area contributed by atoms with Gasteiger partial charge in [-0.2, -0.15) is 0 Å². The molecular formula is C42H41Cl2N3O8. The van der Waals surface area contributed by atoms with E-state index < -0.39 is 24.2 Å². The maximum absolute atomic E-state index is 13.5. The Kier molecular flexibility index (Phi) is 12.1. The van der Waals surface area contributed by atoms with Gasteiger partial charge in [0.2, 0.25) is 5.76 Å². The largest absolute Gasteiger partial charge is 0.493 e. The Hall–Kier alpha value is -5.23. The van der Waals surface area contributed by atoms with Crippen LogP contribution < -0.4 is 19.5 Å². The van der Waals surface area contributed by atoms with Gasteiger partial charge < -0.3 is 33.4 Å². The summed E-state index contributed by atoms with van der Waals surface area (Å²) >= 11 is 12.9. The first-order valence-electron chi connectivity index (χ1n) is 18.0. The van der Waals surface area contributed by atoms with Gasteiger partial charge in [0.25, 0.3) is 0 Å². The van der Waals surface area contributed by atoms with Crippen LogP contribution in [0.1, 0.15) is 63.6 Å². The van der Waals surface area contributed by atoms with Crippen molar-refractivity contribution in [2.45, 2.75) is 44.1 Å². The number of methoxy groups -OCH3 is 2. The number of rotatable bonds is 14. The minimum atomic E-state index is -0.815. The van der Waals surface area contributed by atoms with Crippen LogP contribution in [0.25, 0.3) is 0 Å². The first kappa shape index (κ1) is 38.1. The Morgan fingerprint density at radius 2 is 1.56 bits per heavy atom. The number of fused-ring (bicyclic) bond motifs is 3. The van der Waals surface area contributed by atoms with Crippen molar-refractivity contribution in [1.82, 2.24) is 15.2 Å². The molecule has 11 nitrogen and oxygen atoms in total. The summed E-state index contributed by atoms with van der Waals surface area (Å²) in [6, 6.07) is 25.2. The van der Waals surface area contributed by atoms with Gasteiger partial charge in [0.15, 0.2) is 11.5 Å². The highest BCUT2D eigenvalue weighted by Crippen LogP contribution is 2.36. The molecule has 0 aliphatic carbocycles. The molecule has 8 rings (SSSR count). The van der Waals surface area contributed by atoms with E-state index >= 15 is 0 Å². The van der Waals surface area contributed by atoms with E-state index in [0.29, 0.717) is 50.1 Å². The fourth-order valence-electron chi connectivity index (χ4n) is 7.10. The van der Waals surface area contributed by atoms with Crippen LogP contribution in [-0.4, -0.2) is 61.9 Å². The number of hydrogen-bond acceptors (Lipinski definition) is 10. The number of amides is 1. The molecule has 5 heterocycles. The van der Waals surface area contributed by atoms with Crippen LogP contribution in [0.2, 0.25) is 10.0 Å². The number of nitrogens with zero attached hydrogens (tertiary/aromatic N) is 2. The van der Waals surface area contributed by atoms with Gasteiger partial charge in [-0.3, -0.25) is 9.88 Å². The first-order chi connectivity index (χ1) is 26.8. The summed E-state index contributed by atoms with van der Waals surface area (Å²) in [6.45, 7) is 2.99. The third-order valence-corrected chi connectivity index (χ3v) is 10.7. The number of halogens is 2. The molecule has 1 N–H and O–H groups in total. The predicted octanol–water partition coefficient (Wildman–Crippen LogP) is 8.63. The third-order valence-electron chi connectivity index (χ3n) is 10.1. The Bertz CT molecular complexity index is 2070. The van der Waals surface area contributed by atoms with Crippen molar-refractivity contribution in [2.24, 2.45) is 5.92 Å². The third kappa shape index (κ3) is 9.19. The summed E-state index contributed by atoms with van der Waals surface area (Å²) in [4.78, 5) is 33.0. The average Bonchev–Trinajstić information content (AvgIpc) is 3.70. The van der Waals surface area contributed by atoms with Gasteiger partial charge in [0.05, 0.1) is 30.3 Å². The number of pyridine rings is 1. The summed E-state index contributed by atoms with van der Waals surface area (Å²) in [5.74, 6) is 1.69. The predicted molar refractivity (Wildman–Crippen MR) is 206 cm³/mol. The molecule has 1 unspecified atom stereocenters. The van der Waals surface area contributed by atoms with E-state index in [-0.39, 0.29) is 24.9 Å². The highest BCUT2D eigenvalue weighted by atomic mass is 35.5. The highest BCUT2D eigenvalue weighted by Gasteiger charge is 2.37. The molecule has 3 aromatic carbocycles. The lowest BCUT2D eigenvalue weighted by Gasteiger charge is -2.43. The molecule has 3 saturated heterocycles. The molecule has 2 bridgehead atoms. The number of carbonyl (C=O) groups excluding carboxylic acids is 2. The van der Waals surface area contributed by atoms with Gasteiger partial charge in [0.1, 0.15) is 30.3 Å². The SMILES string of the molecule is COc1ccc([C@H](Cc2c(Cl)cncc2Cl)OC(=O)c2ccc(COc3ccc(C(NC(=O)O[C@H]4CN5CCC4CC5)c4ccccc4)cc3)o2)cc1OC. The number of alkyl carbamates (subject to hydrolysis) is 1. The second-order valence-corrected chi connectivity index (χ2v) is 14.3. The quantitative estimate of drug-likeness (QED) is 0.110. The fourth-order valence-corrected chi connectivity index (χ4v) is 7.62. The van der Waals surface area contributed by atoms with E-state index in [1.807, 2.05) is 54.6 Å². The monoisotopic (exact) mass is 785 g/mol. The van der Waals surface area contributed by atoms with E-state index in [4.69, 9.17) is 51.3 Å². The van der Waals surface area contributed by atoms with Crippen LogP contribution in [0.15, 0.2) is 102 Å². The number of aromatic nitrogens is 1. The Morgan fingerprint density at radius 3 is 2.24 bits per heavy atom. The molecule has 3 aliphatic heterocycles. The van der Waals surface area contributed by atoms with Crippen LogP contribution in [0.3, 0.4) is 0 Å². The molecule has 3 fully saturated rings. The summed E-state index contributed by atoms with van der Waals surface area (Å²) < 4.78 is 34.7. The van der Waals surface area contributed by atoms with Crippen molar-refractivity contribution in [1.29, 1.82) is 0 Å². The summed E-state index contributed by atoms with van der Waals surface area (Å²) in [7, 11) is 3.06. The van der Waals surface area contributed by atoms with E-state index in [1.54, 1.807) is 24.3 Å². The van der Waals surface area contributed by atoms with Crippen LogP contribution >= 0.6 is 23.2 Å². The lowest BCUT2D eigenvalue weighted by Crippen LogP contribution is -2.52. The molecule has 0 saturated carbocycles. The number of piperidine rings is 3. The zero-order valence-electron chi connectivity index (χ0n) is 30.4. The van der Waals surface area contributed by atoms with Crippen LogP contribution in [0.5, 0.6) is 17.2 Å². The topological polar surface area (TPSA) is 122 Å². The van der Waals surface area contributed by atoms with Crippen LogP contribution in [0, 0.1) is 5.92 Å². The van der Waals surface area contributed by atoms with E-state index in [2.05, 4.69) is 15.2 Å². The number of nitrogens with one attached hydrogen (secondary N) is 1. The molecule has 0 radical (unpaired) electrons.